The molecule has 0 aliphatic heterocycles. The molecule has 0 saturated heterocycles. The molecule has 6 nitrogen and oxygen atoms in total. The van der Waals surface area contributed by atoms with Gasteiger partial charge in [-0.05, 0) is 48.7 Å². The Hall–Kier alpha value is -2.19. The number of hydrogen-bond acceptors (Lipinski definition) is 6. The Labute approximate surface area is 176 Å². The van der Waals surface area contributed by atoms with Gasteiger partial charge in [-0.15, -0.1) is 10.2 Å². The fourth-order valence-corrected chi connectivity index (χ4v) is 4.25. The van der Waals surface area contributed by atoms with E-state index in [2.05, 4.69) is 37.8 Å². The molecule has 0 aliphatic carbocycles. The SMILES string of the molecule is Cc1cc(-c2nnc(NC[C@@H](N)Cc3ccc(Cl)cc3Cl)s2)cc2cn[nH]c12. The first-order valence-corrected chi connectivity index (χ1v) is 10.3. The Balaban J connectivity index is 1.41. The highest BCUT2D eigenvalue weighted by atomic mass is 35.5. The van der Waals surface area contributed by atoms with Crippen LogP contribution >= 0.6 is 34.5 Å². The van der Waals surface area contributed by atoms with Gasteiger partial charge in [-0.2, -0.15) is 5.10 Å². The zero-order valence-corrected chi connectivity index (χ0v) is 17.4. The normalized spacial score (nSPS) is 12.4. The zero-order chi connectivity index (χ0) is 19.7. The number of benzene rings is 2. The van der Waals surface area contributed by atoms with Crippen LogP contribution in [0, 0.1) is 6.92 Å². The van der Waals surface area contributed by atoms with Crippen LogP contribution in [0.5, 0.6) is 0 Å². The average Bonchev–Trinajstić information content (AvgIpc) is 3.31. The number of aryl methyl sites for hydroxylation is 1. The summed E-state index contributed by atoms with van der Waals surface area (Å²) in [5, 5.41) is 22.8. The van der Waals surface area contributed by atoms with Gasteiger partial charge in [-0.25, -0.2) is 0 Å². The van der Waals surface area contributed by atoms with Crippen LogP contribution in [0.25, 0.3) is 21.5 Å². The molecule has 144 valence electrons. The highest BCUT2D eigenvalue weighted by molar-refractivity contribution is 7.18. The Morgan fingerprint density at radius 1 is 1.21 bits per heavy atom. The van der Waals surface area contributed by atoms with Crippen molar-refractivity contribution in [3.05, 3.63) is 57.7 Å². The van der Waals surface area contributed by atoms with Crippen LogP contribution in [-0.2, 0) is 6.42 Å². The molecule has 4 N–H and O–H groups in total. The van der Waals surface area contributed by atoms with E-state index in [1.54, 1.807) is 6.07 Å². The number of aromatic nitrogens is 4. The molecule has 0 saturated carbocycles. The lowest BCUT2D eigenvalue weighted by Crippen LogP contribution is -2.31. The van der Waals surface area contributed by atoms with Crippen molar-refractivity contribution < 1.29 is 0 Å². The molecule has 2 aromatic carbocycles. The molecule has 9 heteroatoms. The maximum absolute atomic E-state index is 6.24. The van der Waals surface area contributed by atoms with Gasteiger partial charge in [0, 0.05) is 33.6 Å². The number of hydrogen-bond donors (Lipinski definition) is 3. The van der Waals surface area contributed by atoms with Gasteiger partial charge in [-0.1, -0.05) is 40.6 Å². The van der Waals surface area contributed by atoms with E-state index in [-0.39, 0.29) is 6.04 Å². The molecule has 0 radical (unpaired) electrons. The average molecular weight is 433 g/mol. The fraction of sp³-hybridized carbons (Fsp3) is 0.211. The quantitative estimate of drug-likeness (QED) is 0.411. The molecule has 0 aliphatic rings. The summed E-state index contributed by atoms with van der Waals surface area (Å²) < 4.78 is 0. The molecule has 0 unspecified atom stereocenters. The molecule has 0 fully saturated rings. The van der Waals surface area contributed by atoms with Crippen molar-refractivity contribution in [1.82, 2.24) is 20.4 Å². The first kappa shape index (κ1) is 19.1. The summed E-state index contributed by atoms with van der Waals surface area (Å²) in [5.41, 5.74) is 10.4. The third kappa shape index (κ3) is 4.12. The van der Waals surface area contributed by atoms with Gasteiger partial charge in [-0.3, -0.25) is 5.10 Å². The molecule has 0 bridgehead atoms. The second-order valence-electron chi connectivity index (χ2n) is 6.62. The van der Waals surface area contributed by atoms with Gasteiger partial charge in [0.25, 0.3) is 0 Å². The summed E-state index contributed by atoms with van der Waals surface area (Å²) in [6.45, 7) is 2.61. The van der Waals surface area contributed by atoms with E-state index in [4.69, 9.17) is 28.9 Å². The standard InChI is InChI=1S/C19H18Cl2N6S/c1-10-4-12(5-13-8-24-25-17(10)13)18-26-27-19(28-18)23-9-15(22)6-11-2-3-14(20)7-16(11)21/h2-5,7-8,15H,6,9,22H2,1H3,(H,23,27)(H,24,25)/t15-/m0/s1. The molecule has 0 spiro atoms. The highest BCUT2D eigenvalue weighted by Crippen LogP contribution is 2.30. The molecule has 4 rings (SSSR count). The number of aromatic amines is 1. The topological polar surface area (TPSA) is 92.5 Å². The number of nitrogens with one attached hydrogen (secondary N) is 2. The molecular weight excluding hydrogens is 415 g/mol. The third-order valence-electron chi connectivity index (χ3n) is 4.43. The number of H-pyrrole nitrogens is 1. The molecule has 1 atom stereocenters. The number of nitrogens with two attached hydrogens (primary N) is 1. The summed E-state index contributed by atoms with van der Waals surface area (Å²) in [7, 11) is 0. The molecule has 4 aromatic rings. The monoisotopic (exact) mass is 432 g/mol. The van der Waals surface area contributed by atoms with Crippen LogP contribution in [0.2, 0.25) is 10.0 Å². The van der Waals surface area contributed by atoms with Crippen LogP contribution in [-0.4, -0.2) is 33.0 Å². The number of rotatable bonds is 6. The van der Waals surface area contributed by atoms with Crippen LogP contribution < -0.4 is 11.1 Å². The lowest BCUT2D eigenvalue weighted by atomic mass is 10.1. The van der Waals surface area contributed by atoms with Crippen molar-refractivity contribution in [2.24, 2.45) is 5.73 Å². The van der Waals surface area contributed by atoms with E-state index in [0.29, 0.717) is 23.0 Å². The Bertz CT molecular complexity index is 1120. The predicted molar refractivity (Wildman–Crippen MR) is 116 cm³/mol. The number of halogens is 2. The molecule has 2 heterocycles. The van der Waals surface area contributed by atoms with Gasteiger partial charge < -0.3 is 11.1 Å². The largest absolute Gasteiger partial charge is 0.359 e. The minimum Gasteiger partial charge on any atom is -0.359 e. The first-order valence-electron chi connectivity index (χ1n) is 8.70. The summed E-state index contributed by atoms with van der Waals surface area (Å²) in [6, 6.07) is 9.48. The van der Waals surface area contributed by atoms with E-state index in [1.807, 2.05) is 25.3 Å². The van der Waals surface area contributed by atoms with Crippen LogP contribution in [0.15, 0.2) is 36.5 Å². The van der Waals surface area contributed by atoms with E-state index in [0.717, 1.165) is 37.7 Å². The Morgan fingerprint density at radius 3 is 2.89 bits per heavy atom. The zero-order valence-electron chi connectivity index (χ0n) is 15.0. The fourth-order valence-electron chi connectivity index (χ4n) is 3.03. The van der Waals surface area contributed by atoms with Crippen molar-refractivity contribution >= 4 is 50.6 Å². The van der Waals surface area contributed by atoms with Crippen LogP contribution in [0.3, 0.4) is 0 Å². The Morgan fingerprint density at radius 2 is 2.07 bits per heavy atom. The van der Waals surface area contributed by atoms with Gasteiger partial charge in [0.2, 0.25) is 5.13 Å². The second kappa shape index (κ2) is 8.05. The van der Waals surface area contributed by atoms with Crippen molar-refractivity contribution in [2.75, 3.05) is 11.9 Å². The second-order valence-corrected chi connectivity index (χ2v) is 8.44. The number of nitrogens with zero attached hydrogens (tertiary/aromatic N) is 3. The minimum absolute atomic E-state index is 0.115. The first-order chi connectivity index (χ1) is 13.5. The van der Waals surface area contributed by atoms with Crippen LogP contribution in [0.4, 0.5) is 5.13 Å². The van der Waals surface area contributed by atoms with E-state index >= 15 is 0 Å². The molecular formula is C19H18Cl2N6S. The van der Waals surface area contributed by atoms with Crippen molar-refractivity contribution in [3.63, 3.8) is 0 Å². The lowest BCUT2D eigenvalue weighted by molar-refractivity contribution is 0.698. The summed E-state index contributed by atoms with van der Waals surface area (Å²) >= 11 is 13.7. The van der Waals surface area contributed by atoms with Gasteiger partial charge in [0.05, 0.1) is 11.7 Å². The Kier molecular flexibility index (Phi) is 5.50. The predicted octanol–water partition coefficient (Wildman–Crippen LogP) is 4.68. The van der Waals surface area contributed by atoms with Crippen molar-refractivity contribution in [1.29, 1.82) is 0 Å². The van der Waals surface area contributed by atoms with E-state index < -0.39 is 0 Å². The summed E-state index contributed by atoms with van der Waals surface area (Å²) in [5.74, 6) is 0. The van der Waals surface area contributed by atoms with Crippen molar-refractivity contribution in [3.8, 4) is 10.6 Å². The van der Waals surface area contributed by atoms with Crippen molar-refractivity contribution in [2.45, 2.75) is 19.4 Å². The van der Waals surface area contributed by atoms with E-state index in [1.165, 1.54) is 11.3 Å². The molecule has 0 amide bonds. The summed E-state index contributed by atoms with van der Waals surface area (Å²) in [6.07, 6.45) is 2.46. The molecule has 28 heavy (non-hydrogen) atoms. The summed E-state index contributed by atoms with van der Waals surface area (Å²) in [4.78, 5) is 0. The smallest absolute Gasteiger partial charge is 0.206 e. The highest BCUT2D eigenvalue weighted by Gasteiger charge is 2.12. The maximum Gasteiger partial charge on any atom is 0.206 e. The van der Waals surface area contributed by atoms with Crippen LogP contribution in [0.1, 0.15) is 11.1 Å². The van der Waals surface area contributed by atoms with Gasteiger partial charge >= 0.3 is 0 Å². The van der Waals surface area contributed by atoms with Gasteiger partial charge in [0.1, 0.15) is 5.01 Å². The van der Waals surface area contributed by atoms with E-state index in [9.17, 15) is 0 Å². The maximum atomic E-state index is 6.24. The lowest BCUT2D eigenvalue weighted by Gasteiger charge is -2.13. The third-order valence-corrected chi connectivity index (χ3v) is 5.95. The molecule has 2 aromatic heterocycles. The number of fused-ring (bicyclic) bond motifs is 1. The minimum atomic E-state index is -0.115. The van der Waals surface area contributed by atoms with Gasteiger partial charge in [0.15, 0.2) is 0 Å². The number of anilines is 1.